The predicted octanol–water partition coefficient (Wildman–Crippen LogP) is 3.56. The lowest BCUT2D eigenvalue weighted by atomic mass is 10.0. The third-order valence-corrected chi connectivity index (χ3v) is 5.33. The van der Waals surface area contributed by atoms with E-state index in [4.69, 9.17) is 14.7 Å². The Balaban J connectivity index is 1.94. The van der Waals surface area contributed by atoms with Crippen molar-refractivity contribution < 1.29 is 9.53 Å². The standard InChI is InChI=1S/C21H26N4O2/c1-13(2)25-19(26)18-16(20(25)27-4)17(15-9-7-8-14(3)12-15)22-21(23-18)24-10-5-6-11-24/h7-9,12-13,20H,5-6,10-11H2,1-4H3. The molecule has 142 valence electrons. The van der Waals surface area contributed by atoms with Gasteiger partial charge in [0.05, 0.1) is 11.3 Å². The highest BCUT2D eigenvalue weighted by atomic mass is 16.5. The van der Waals surface area contributed by atoms with Gasteiger partial charge in [-0.1, -0.05) is 23.8 Å². The Morgan fingerprint density at radius 2 is 1.85 bits per heavy atom. The third kappa shape index (κ3) is 2.98. The van der Waals surface area contributed by atoms with E-state index in [1.54, 1.807) is 12.0 Å². The van der Waals surface area contributed by atoms with Crippen LogP contribution in [-0.2, 0) is 4.74 Å². The van der Waals surface area contributed by atoms with Crippen molar-refractivity contribution in [1.82, 2.24) is 14.9 Å². The molecule has 1 atom stereocenters. The summed E-state index contributed by atoms with van der Waals surface area (Å²) in [7, 11) is 1.64. The molecular formula is C21H26N4O2. The highest BCUT2D eigenvalue weighted by molar-refractivity contribution is 5.99. The van der Waals surface area contributed by atoms with E-state index in [0.29, 0.717) is 11.6 Å². The first-order valence-corrected chi connectivity index (χ1v) is 9.60. The molecule has 2 aliphatic rings. The van der Waals surface area contributed by atoms with Gasteiger partial charge in [-0.15, -0.1) is 0 Å². The minimum Gasteiger partial charge on any atom is -0.357 e. The summed E-state index contributed by atoms with van der Waals surface area (Å²) in [5, 5.41) is 0. The average Bonchev–Trinajstić information content (AvgIpc) is 3.27. The molecule has 0 N–H and O–H groups in total. The summed E-state index contributed by atoms with van der Waals surface area (Å²) in [4.78, 5) is 26.7. The number of methoxy groups -OCH3 is 1. The molecule has 0 saturated carbocycles. The highest BCUT2D eigenvalue weighted by Crippen LogP contribution is 2.41. The summed E-state index contributed by atoms with van der Waals surface area (Å²) in [6, 6.07) is 8.24. The third-order valence-electron chi connectivity index (χ3n) is 5.33. The van der Waals surface area contributed by atoms with Crippen LogP contribution in [0.3, 0.4) is 0 Å². The minimum absolute atomic E-state index is 0.0113. The number of aromatic nitrogens is 2. The molecule has 3 heterocycles. The molecule has 1 saturated heterocycles. The van der Waals surface area contributed by atoms with Gasteiger partial charge >= 0.3 is 0 Å². The molecule has 1 amide bonds. The van der Waals surface area contributed by atoms with Gasteiger partial charge in [0.25, 0.3) is 5.91 Å². The maximum Gasteiger partial charge on any atom is 0.275 e. The first-order valence-electron chi connectivity index (χ1n) is 9.60. The molecule has 1 aromatic heterocycles. The molecule has 2 aliphatic heterocycles. The first-order chi connectivity index (χ1) is 13.0. The van der Waals surface area contributed by atoms with Crippen LogP contribution in [0.5, 0.6) is 0 Å². The number of hydrogen-bond donors (Lipinski definition) is 0. The van der Waals surface area contributed by atoms with Crippen LogP contribution in [0.25, 0.3) is 11.3 Å². The number of fused-ring (bicyclic) bond motifs is 1. The van der Waals surface area contributed by atoms with Gasteiger partial charge in [0.1, 0.15) is 5.69 Å². The number of aryl methyl sites for hydroxylation is 1. The normalized spacial score (nSPS) is 19.3. The maximum atomic E-state index is 13.2. The number of carbonyl (C=O) groups excluding carboxylic acids is 1. The second kappa shape index (κ2) is 6.93. The number of ether oxygens (including phenoxy) is 1. The molecule has 0 spiro atoms. The van der Waals surface area contributed by atoms with E-state index in [-0.39, 0.29) is 11.9 Å². The maximum absolute atomic E-state index is 13.2. The van der Waals surface area contributed by atoms with Crippen molar-refractivity contribution in [2.75, 3.05) is 25.1 Å². The second-order valence-corrected chi connectivity index (χ2v) is 7.59. The zero-order valence-electron chi connectivity index (χ0n) is 16.4. The van der Waals surface area contributed by atoms with Gasteiger partial charge in [0.2, 0.25) is 5.95 Å². The summed E-state index contributed by atoms with van der Waals surface area (Å²) in [5.41, 5.74) is 4.21. The molecule has 0 aliphatic carbocycles. The topological polar surface area (TPSA) is 58.6 Å². The van der Waals surface area contributed by atoms with Crippen LogP contribution < -0.4 is 4.90 Å². The molecule has 1 fully saturated rings. The average molecular weight is 366 g/mol. The van der Waals surface area contributed by atoms with Crippen LogP contribution in [0.15, 0.2) is 24.3 Å². The van der Waals surface area contributed by atoms with Crippen molar-refractivity contribution in [3.8, 4) is 11.3 Å². The molecule has 1 aromatic carbocycles. The fraction of sp³-hybridized carbons (Fsp3) is 0.476. The van der Waals surface area contributed by atoms with Crippen LogP contribution in [0.4, 0.5) is 5.95 Å². The number of nitrogens with zero attached hydrogens (tertiary/aromatic N) is 4. The van der Waals surface area contributed by atoms with Crippen LogP contribution in [0.1, 0.15) is 54.5 Å². The van der Waals surface area contributed by atoms with Crippen molar-refractivity contribution >= 4 is 11.9 Å². The molecule has 6 heteroatoms. The van der Waals surface area contributed by atoms with Crippen LogP contribution in [-0.4, -0.2) is 47.0 Å². The lowest BCUT2D eigenvalue weighted by molar-refractivity contribution is -0.0251. The summed E-state index contributed by atoms with van der Waals surface area (Å²) in [6.45, 7) is 7.92. The molecule has 4 rings (SSSR count). The molecular weight excluding hydrogens is 340 g/mol. The summed E-state index contributed by atoms with van der Waals surface area (Å²) >= 11 is 0. The molecule has 2 aromatic rings. The Bertz CT molecular complexity index is 874. The van der Waals surface area contributed by atoms with E-state index >= 15 is 0 Å². The van der Waals surface area contributed by atoms with Crippen LogP contribution >= 0.6 is 0 Å². The quantitative estimate of drug-likeness (QED) is 0.828. The number of benzene rings is 1. The zero-order valence-corrected chi connectivity index (χ0v) is 16.4. The SMILES string of the molecule is COC1c2c(nc(N3CCCC3)nc2-c2cccc(C)c2)C(=O)N1C(C)C. The Kier molecular flexibility index (Phi) is 4.60. The molecule has 27 heavy (non-hydrogen) atoms. The zero-order chi connectivity index (χ0) is 19.1. The smallest absolute Gasteiger partial charge is 0.275 e. The van der Waals surface area contributed by atoms with Gasteiger partial charge in [0.15, 0.2) is 6.23 Å². The minimum atomic E-state index is -0.462. The summed E-state index contributed by atoms with van der Waals surface area (Å²) < 4.78 is 5.75. The molecule has 0 radical (unpaired) electrons. The first kappa shape index (κ1) is 17.9. The van der Waals surface area contributed by atoms with Crippen molar-refractivity contribution in [2.24, 2.45) is 0 Å². The fourth-order valence-corrected chi connectivity index (χ4v) is 4.03. The van der Waals surface area contributed by atoms with Crippen LogP contribution in [0, 0.1) is 6.92 Å². The Morgan fingerprint density at radius 3 is 2.48 bits per heavy atom. The van der Waals surface area contributed by atoms with E-state index in [2.05, 4.69) is 24.0 Å². The van der Waals surface area contributed by atoms with Crippen molar-refractivity contribution in [2.45, 2.75) is 45.9 Å². The number of anilines is 1. The van der Waals surface area contributed by atoms with Gasteiger partial charge < -0.3 is 14.5 Å². The van der Waals surface area contributed by atoms with Crippen molar-refractivity contribution in [3.63, 3.8) is 0 Å². The fourth-order valence-electron chi connectivity index (χ4n) is 4.03. The van der Waals surface area contributed by atoms with E-state index in [9.17, 15) is 4.79 Å². The summed E-state index contributed by atoms with van der Waals surface area (Å²) in [6.07, 6.45) is 1.80. The Hall–Kier alpha value is -2.47. The highest BCUT2D eigenvalue weighted by Gasteiger charge is 2.43. The van der Waals surface area contributed by atoms with E-state index in [1.165, 1.54) is 0 Å². The van der Waals surface area contributed by atoms with E-state index in [0.717, 1.165) is 48.3 Å². The second-order valence-electron chi connectivity index (χ2n) is 7.59. The van der Waals surface area contributed by atoms with E-state index in [1.807, 2.05) is 26.0 Å². The number of carbonyl (C=O) groups is 1. The lowest BCUT2D eigenvalue weighted by Crippen LogP contribution is -2.35. The van der Waals surface area contributed by atoms with Crippen molar-refractivity contribution in [1.29, 1.82) is 0 Å². The van der Waals surface area contributed by atoms with Gasteiger partial charge in [-0.05, 0) is 39.7 Å². The van der Waals surface area contributed by atoms with Gasteiger partial charge in [-0.25, -0.2) is 9.97 Å². The van der Waals surface area contributed by atoms with Gasteiger partial charge in [-0.3, -0.25) is 4.79 Å². The molecule has 6 nitrogen and oxygen atoms in total. The number of rotatable bonds is 4. The van der Waals surface area contributed by atoms with E-state index < -0.39 is 6.23 Å². The molecule has 1 unspecified atom stereocenters. The summed E-state index contributed by atoms with van der Waals surface area (Å²) in [5.74, 6) is 0.570. The van der Waals surface area contributed by atoms with Crippen molar-refractivity contribution in [3.05, 3.63) is 41.1 Å². The monoisotopic (exact) mass is 366 g/mol. The number of amides is 1. The van der Waals surface area contributed by atoms with Crippen LogP contribution in [0.2, 0.25) is 0 Å². The van der Waals surface area contributed by atoms with Gasteiger partial charge in [0, 0.05) is 31.8 Å². The lowest BCUT2D eigenvalue weighted by Gasteiger charge is -2.27. The van der Waals surface area contributed by atoms with Gasteiger partial charge in [-0.2, -0.15) is 0 Å². The predicted molar refractivity (Wildman–Crippen MR) is 105 cm³/mol. The Morgan fingerprint density at radius 1 is 1.15 bits per heavy atom. The largest absolute Gasteiger partial charge is 0.357 e. The molecule has 0 bridgehead atoms. The Labute approximate surface area is 160 Å². The number of hydrogen-bond acceptors (Lipinski definition) is 5.